The third-order valence-corrected chi connectivity index (χ3v) is 1.70. The Labute approximate surface area is 64.4 Å². The van der Waals surface area contributed by atoms with Crippen molar-refractivity contribution in [2.75, 3.05) is 11.5 Å². The Balaban J connectivity index is 0. The molecule has 0 amide bonds. The third-order valence-electron chi connectivity index (χ3n) is 0.109. The molecule has 0 N–H and O–H groups in total. The van der Waals surface area contributed by atoms with Gasteiger partial charge in [0.2, 0.25) is 0 Å². The Bertz CT molecular complexity index is 23.2. The van der Waals surface area contributed by atoms with Crippen LogP contribution in [-0.4, -0.2) is 11.5 Å². The van der Waals surface area contributed by atoms with Crippen molar-refractivity contribution in [1.82, 2.24) is 0 Å². The molecule has 0 aromatic heterocycles. The molecule has 0 aliphatic heterocycles. The van der Waals surface area contributed by atoms with Crippen molar-refractivity contribution < 1.29 is 3.84 Å². The van der Waals surface area contributed by atoms with Gasteiger partial charge in [0.15, 0.2) is 0 Å². The fourth-order valence-electron chi connectivity index (χ4n) is 0. The predicted molar refractivity (Wildman–Crippen MR) is 41.2 cm³/mol. The first-order valence-corrected chi connectivity index (χ1v) is 4.04. The van der Waals surface area contributed by atoms with E-state index >= 15 is 0 Å². The molecule has 0 aliphatic carbocycles. The summed E-state index contributed by atoms with van der Waals surface area (Å²) in [4.78, 5) is 0. The highest BCUT2D eigenvalue weighted by Crippen LogP contribution is 1.83. The normalized spacial score (nSPS) is 6.86. The molecule has 5 heteroatoms. The SMILES string of the molecule is ClOCl.PCCBr. The van der Waals surface area contributed by atoms with Gasteiger partial charge in [-0.1, -0.05) is 15.9 Å². The Hall–Kier alpha value is 1.45. The lowest BCUT2D eigenvalue weighted by Gasteiger charge is -1.66. The van der Waals surface area contributed by atoms with Gasteiger partial charge in [0.05, 0.1) is 23.7 Å². The van der Waals surface area contributed by atoms with E-state index in [1.807, 2.05) is 0 Å². The maximum absolute atomic E-state index is 4.26. The van der Waals surface area contributed by atoms with Crippen LogP contribution in [-0.2, 0) is 3.84 Å². The molecule has 1 nitrogen and oxygen atoms in total. The molecule has 1 unspecified atom stereocenters. The summed E-state index contributed by atoms with van der Waals surface area (Å²) in [6.45, 7) is 0. The molecular weight excluding hydrogens is 222 g/mol. The Morgan fingerprint density at radius 2 is 1.71 bits per heavy atom. The van der Waals surface area contributed by atoms with E-state index in [9.17, 15) is 0 Å². The highest BCUT2D eigenvalue weighted by Gasteiger charge is 1.58. The Morgan fingerprint density at radius 3 is 1.71 bits per heavy atom. The standard InChI is InChI=1S/C2H6BrP.Cl2O/c3-1-2-4;1-3-2/h1-2,4H2;. The summed E-state index contributed by atoms with van der Waals surface area (Å²) in [5.74, 6) is 0. The van der Waals surface area contributed by atoms with Crippen molar-refractivity contribution in [1.29, 1.82) is 0 Å². The number of halogens is 3. The largest absolute Gasteiger partial charge is 0.166 e. The van der Waals surface area contributed by atoms with Crippen LogP contribution in [0.4, 0.5) is 0 Å². The third kappa shape index (κ3) is 36.9. The zero-order valence-corrected chi connectivity index (χ0v) is 7.79. The van der Waals surface area contributed by atoms with E-state index in [4.69, 9.17) is 0 Å². The second-order valence-electron chi connectivity index (χ2n) is 0.536. The molecule has 0 aromatic rings. The van der Waals surface area contributed by atoms with Gasteiger partial charge in [-0.25, -0.2) is 0 Å². The average Bonchev–Trinajstić information content (AvgIpc) is 1.69. The second kappa shape index (κ2) is 15.7. The van der Waals surface area contributed by atoms with Crippen LogP contribution in [0.3, 0.4) is 0 Å². The van der Waals surface area contributed by atoms with E-state index in [-0.39, 0.29) is 0 Å². The molecule has 7 heavy (non-hydrogen) atoms. The first-order chi connectivity index (χ1) is 3.33. The molecule has 0 radical (unpaired) electrons. The van der Waals surface area contributed by atoms with Crippen molar-refractivity contribution in [3.05, 3.63) is 0 Å². The fourth-order valence-corrected chi connectivity index (χ4v) is 0. The van der Waals surface area contributed by atoms with Gasteiger partial charge in [0.25, 0.3) is 0 Å². The molecule has 0 bridgehead atoms. The maximum Gasteiger partial charge on any atom is 0.0832 e. The molecule has 0 aliphatic rings. The number of hydrogen-bond donors (Lipinski definition) is 0. The van der Waals surface area contributed by atoms with Crippen LogP contribution in [0.25, 0.3) is 0 Å². The molecule has 0 spiro atoms. The van der Waals surface area contributed by atoms with Crippen molar-refractivity contribution in [3.63, 3.8) is 0 Å². The maximum atomic E-state index is 4.26. The molecule has 46 valence electrons. The molecule has 0 heterocycles. The van der Waals surface area contributed by atoms with Crippen LogP contribution < -0.4 is 0 Å². The lowest BCUT2D eigenvalue weighted by molar-refractivity contribution is 0.697. The van der Waals surface area contributed by atoms with Gasteiger partial charge >= 0.3 is 0 Å². The van der Waals surface area contributed by atoms with Crippen molar-refractivity contribution >= 4 is 48.9 Å². The number of hydrogen-bond acceptors (Lipinski definition) is 1. The monoisotopic (exact) mass is 226 g/mol. The van der Waals surface area contributed by atoms with Crippen LogP contribution in [0, 0.1) is 0 Å². The molecule has 0 rings (SSSR count). The van der Waals surface area contributed by atoms with Gasteiger partial charge in [0, 0.05) is 5.33 Å². The summed E-state index contributed by atoms with van der Waals surface area (Å²) < 4.78 is 3.19. The van der Waals surface area contributed by atoms with Gasteiger partial charge in [-0.3, -0.25) is 0 Å². The molecule has 0 saturated heterocycles. The van der Waals surface area contributed by atoms with Gasteiger partial charge in [-0.05, 0) is 6.16 Å². The van der Waals surface area contributed by atoms with Crippen LogP contribution >= 0.6 is 48.9 Å². The lowest BCUT2D eigenvalue weighted by Crippen LogP contribution is -1.61. The minimum atomic E-state index is 1.09. The smallest absolute Gasteiger partial charge is 0.0832 e. The first-order valence-electron chi connectivity index (χ1n) is 1.48. The fraction of sp³-hybridized carbons (Fsp3) is 1.00. The average molecular weight is 228 g/mol. The summed E-state index contributed by atoms with van der Waals surface area (Å²) in [6.07, 6.45) is 1.15. The van der Waals surface area contributed by atoms with Crippen LogP contribution in [0.2, 0.25) is 0 Å². The van der Waals surface area contributed by atoms with E-state index in [0.717, 1.165) is 11.5 Å². The van der Waals surface area contributed by atoms with Crippen LogP contribution in [0.5, 0.6) is 0 Å². The summed E-state index contributed by atoms with van der Waals surface area (Å²) in [5.41, 5.74) is 0. The van der Waals surface area contributed by atoms with Gasteiger partial charge in [-0.15, -0.1) is 9.24 Å². The van der Waals surface area contributed by atoms with Gasteiger partial charge < -0.3 is 0 Å². The second-order valence-corrected chi connectivity index (χ2v) is 2.37. The molecule has 0 saturated carbocycles. The summed E-state index contributed by atoms with van der Waals surface area (Å²) >= 11 is 11.8. The zero-order valence-electron chi connectivity index (χ0n) is 3.53. The first kappa shape index (κ1) is 11.3. The van der Waals surface area contributed by atoms with E-state index in [1.165, 1.54) is 0 Å². The van der Waals surface area contributed by atoms with E-state index in [1.54, 1.807) is 0 Å². The number of alkyl halides is 1. The minimum absolute atomic E-state index is 1.09. The van der Waals surface area contributed by atoms with Crippen molar-refractivity contribution in [3.8, 4) is 0 Å². The topological polar surface area (TPSA) is 9.23 Å². The van der Waals surface area contributed by atoms with Crippen LogP contribution in [0.15, 0.2) is 0 Å². The highest BCUT2D eigenvalue weighted by atomic mass is 79.9. The van der Waals surface area contributed by atoms with E-state index in [2.05, 4.69) is 52.7 Å². The van der Waals surface area contributed by atoms with Gasteiger partial charge in [-0.2, -0.15) is 3.84 Å². The Kier molecular flexibility index (Phi) is 25.2. The van der Waals surface area contributed by atoms with Crippen LogP contribution in [0.1, 0.15) is 0 Å². The molecule has 0 aromatic carbocycles. The molecule has 0 fully saturated rings. The quantitative estimate of drug-likeness (QED) is 0.494. The predicted octanol–water partition coefficient (Wildman–Crippen LogP) is 2.57. The molecular formula is C2H6BrCl2OP. The Morgan fingerprint density at radius 1 is 1.57 bits per heavy atom. The minimum Gasteiger partial charge on any atom is -0.166 e. The zero-order chi connectivity index (χ0) is 6.12. The van der Waals surface area contributed by atoms with E-state index in [0.29, 0.717) is 0 Å². The molecule has 1 atom stereocenters. The highest BCUT2D eigenvalue weighted by molar-refractivity contribution is 9.09. The summed E-state index contributed by atoms with van der Waals surface area (Å²) in [6, 6.07) is 0. The van der Waals surface area contributed by atoms with E-state index < -0.39 is 0 Å². The summed E-state index contributed by atoms with van der Waals surface area (Å²) in [7, 11) is 2.61. The summed E-state index contributed by atoms with van der Waals surface area (Å²) in [5, 5.41) is 1.09. The van der Waals surface area contributed by atoms with Gasteiger partial charge in [0.1, 0.15) is 0 Å². The lowest BCUT2D eigenvalue weighted by atomic mass is 11.0. The number of rotatable bonds is 1. The van der Waals surface area contributed by atoms with Crippen molar-refractivity contribution in [2.45, 2.75) is 0 Å². The van der Waals surface area contributed by atoms with Crippen molar-refractivity contribution in [2.24, 2.45) is 0 Å².